The zero-order chi connectivity index (χ0) is 12.4. The van der Waals surface area contributed by atoms with Gasteiger partial charge in [0.25, 0.3) is 0 Å². The van der Waals surface area contributed by atoms with Crippen LogP contribution in [0.5, 0.6) is 0 Å². The Kier molecular flexibility index (Phi) is 8.91. The fraction of sp³-hybridized carbons (Fsp3) is 0.769. The van der Waals surface area contributed by atoms with Crippen molar-refractivity contribution in [2.45, 2.75) is 53.0 Å². The van der Waals surface area contributed by atoms with Gasteiger partial charge >= 0.3 is 5.97 Å². The fourth-order valence-electron chi connectivity index (χ4n) is 1.19. The van der Waals surface area contributed by atoms with Crippen LogP contribution >= 0.6 is 0 Å². The summed E-state index contributed by atoms with van der Waals surface area (Å²) in [6.45, 7) is 9.42. The number of esters is 1. The molecular formula is C13H25NO2. The van der Waals surface area contributed by atoms with Gasteiger partial charge in [-0.25, -0.2) is 0 Å². The predicted molar refractivity (Wildman–Crippen MR) is 67.4 cm³/mol. The molecule has 0 aromatic carbocycles. The third-order valence-electron chi connectivity index (χ3n) is 2.24. The van der Waals surface area contributed by atoms with E-state index < -0.39 is 0 Å². The molecule has 3 heteroatoms. The van der Waals surface area contributed by atoms with Crippen LogP contribution in [0.25, 0.3) is 0 Å². The second-order valence-electron chi connectivity index (χ2n) is 4.27. The molecule has 0 saturated carbocycles. The first kappa shape index (κ1) is 15.2. The lowest BCUT2D eigenvalue weighted by Crippen LogP contribution is -2.36. The summed E-state index contributed by atoms with van der Waals surface area (Å²) in [5.74, 6) is -0.148. The van der Waals surface area contributed by atoms with Gasteiger partial charge in [-0.3, -0.25) is 4.79 Å². The van der Waals surface area contributed by atoms with Crippen molar-refractivity contribution in [2.24, 2.45) is 0 Å². The number of carbonyl (C=O) groups is 1. The summed E-state index contributed by atoms with van der Waals surface area (Å²) in [5, 5.41) is 3.15. The van der Waals surface area contributed by atoms with E-state index >= 15 is 0 Å². The molecule has 0 heterocycles. The molecule has 1 N–H and O–H groups in total. The summed E-state index contributed by atoms with van der Waals surface area (Å²) in [4.78, 5) is 11.4. The summed E-state index contributed by atoms with van der Waals surface area (Å²) in [7, 11) is 0. The van der Waals surface area contributed by atoms with Crippen LogP contribution in [0.1, 0.15) is 47.0 Å². The standard InChI is InChI=1S/C13H25NO2/c1-5-6-10-16-13(15)12(4)14-9-7-8-11(2)3/h8,12,14H,5-7,9-10H2,1-4H3/t12-/m0/s1. The van der Waals surface area contributed by atoms with Crippen molar-refractivity contribution in [1.29, 1.82) is 0 Å². The van der Waals surface area contributed by atoms with E-state index in [4.69, 9.17) is 4.74 Å². The van der Waals surface area contributed by atoms with E-state index in [1.54, 1.807) is 0 Å². The van der Waals surface area contributed by atoms with Crippen molar-refractivity contribution in [3.05, 3.63) is 11.6 Å². The quantitative estimate of drug-likeness (QED) is 0.393. The van der Waals surface area contributed by atoms with Gasteiger partial charge in [-0.15, -0.1) is 0 Å². The van der Waals surface area contributed by atoms with Gasteiger partial charge < -0.3 is 10.1 Å². The molecule has 1 atom stereocenters. The highest BCUT2D eigenvalue weighted by atomic mass is 16.5. The van der Waals surface area contributed by atoms with Crippen molar-refractivity contribution in [3.8, 4) is 0 Å². The largest absolute Gasteiger partial charge is 0.465 e. The average Bonchev–Trinajstić information content (AvgIpc) is 2.24. The third kappa shape index (κ3) is 8.48. The maximum atomic E-state index is 11.4. The Bertz CT molecular complexity index is 220. The van der Waals surface area contributed by atoms with Crippen LogP contribution in [0.15, 0.2) is 11.6 Å². The van der Waals surface area contributed by atoms with E-state index in [0.717, 1.165) is 25.8 Å². The SMILES string of the molecule is CCCCOC(=O)[C@H](C)NCCC=C(C)C. The average molecular weight is 227 g/mol. The molecule has 3 nitrogen and oxygen atoms in total. The molecule has 0 radical (unpaired) electrons. The Labute approximate surface area is 99.3 Å². The summed E-state index contributed by atoms with van der Waals surface area (Å²) in [6.07, 6.45) is 5.10. The Balaban J connectivity index is 3.59. The minimum atomic E-state index is -0.206. The molecule has 0 bridgehead atoms. The topological polar surface area (TPSA) is 38.3 Å². The van der Waals surface area contributed by atoms with E-state index in [0.29, 0.717) is 6.61 Å². The molecule has 0 aliphatic rings. The summed E-state index contributed by atoms with van der Waals surface area (Å²) in [6, 6.07) is -0.206. The van der Waals surface area contributed by atoms with Crippen molar-refractivity contribution in [2.75, 3.05) is 13.2 Å². The van der Waals surface area contributed by atoms with Gasteiger partial charge in [-0.2, -0.15) is 0 Å². The van der Waals surface area contributed by atoms with E-state index in [1.165, 1.54) is 5.57 Å². The normalized spacial score (nSPS) is 12.0. The van der Waals surface area contributed by atoms with Gasteiger partial charge in [-0.05, 0) is 40.2 Å². The monoisotopic (exact) mass is 227 g/mol. The first-order valence-corrected chi connectivity index (χ1v) is 6.11. The number of ether oxygens (including phenoxy) is 1. The lowest BCUT2D eigenvalue weighted by Gasteiger charge is -2.12. The van der Waals surface area contributed by atoms with E-state index in [1.807, 2.05) is 6.92 Å². The van der Waals surface area contributed by atoms with Gasteiger partial charge in [0.1, 0.15) is 6.04 Å². The summed E-state index contributed by atoms with van der Waals surface area (Å²) in [5.41, 5.74) is 1.31. The molecule has 0 amide bonds. The highest BCUT2D eigenvalue weighted by Crippen LogP contribution is 1.95. The lowest BCUT2D eigenvalue weighted by atomic mass is 10.2. The van der Waals surface area contributed by atoms with Crippen LogP contribution in [0.2, 0.25) is 0 Å². The lowest BCUT2D eigenvalue weighted by molar-refractivity contribution is -0.145. The molecule has 16 heavy (non-hydrogen) atoms. The van der Waals surface area contributed by atoms with Crippen LogP contribution in [0.3, 0.4) is 0 Å². The van der Waals surface area contributed by atoms with Gasteiger partial charge in [0.15, 0.2) is 0 Å². The zero-order valence-corrected chi connectivity index (χ0v) is 11.0. The molecular weight excluding hydrogens is 202 g/mol. The maximum absolute atomic E-state index is 11.4. The third-order valence-corrected chi connectivity index (χ3v) is 2.24. The fourth-order valence-corrected chi connectivity index (χ4v) is 1.19. The molecule has 0 aliphatic heterocycles. The van der Waals surface area contributed by atoms with Crippen LogP contribution in [0, 0.1) is 0 Å². The molecule has 0 fully saturated rings. The minimum absolute atomic E-state index is 0.148. The number of unbranched alkanes of at least 4 members (excludes halogenated alkanes) is 1. The Morgan fingerprint density at radius 1 is 1.44 bits per heavy atom. The Hall–Kier alpha value is -0.830. The Morgan fingerprint density at radius 3 is 2.69 bits per heavy atom. The highest BCUT2D eigenvalue weighted by molar-refractivity contribution is 5.75. The zero-order valence-electron chi connectivity index (χ0n) is 11.0. The van der Waals surface area contributed by atoms with Crippen molar-refractivity contribution in [3.63, 3.8) is 0 Å². The second kappa shape index (κ2) is 9.40. The first-order chi connectivity index (χ1) is 7.57. The van der Waals surface area contributed by atoms with Crippen molar-refractivity contribution in [1.82, 2.24) is 5.32 Å². The number of hydrogen-bond acceptors (Lipinski definition) is 3. The summed E-state index contributed by atoms with van der Waals surface area (Å²) >= 11 is 0. The number of carbonyl (C=O) groups excluding carboxylic acids is 1. The van der Waals surface area contributed by atoms with Gasteiger partial charge in [0.2, 0.25) is 0 Å². The summed E-state index contributed by atoms with van der Waals surface area (Å²) < 4.78 is 5.11. The molecule has 0 aliphatic carbocycles. The number of hydrogen-bond donors (Lipinski definition) is 1. The predicted octanol–water partition coefficient (Wildman–Crippen LogP) is 2.66. The molecule has 0 saturated heterocycles. The van der Waals surface area contributed by atoms with Crippen LogP contribution in [0.4, 0.5) is 0 Å². The highest BCUT2D eigenvalue weighted by Gasteiger charge is 2.12. The molecule has 0 rings (SSSR count). The van der Waals surface area contributed by atoms with Crippen LogP contribution in [-0.2, 0) is 9.53 Å². The molecule has 0 unspecified atom stereocenters. The smallest absolute Gasteiger partial charge is 0.322 e. The number of rotatable bonds is 8. The maximum Gasteiger partial charge on any atom is 0.322 e. The second-order valence-corrected chi connectivity index (χ2v) is 4.27. The molecule has 0 spiro atoms. The number of allylic oxidation sites excluding steroid dienone is 1. The van der Waals surface area contributed by atoms with Gasteiger partial charge in [-0.1, -0.05) is 25.0 Å². The van der Waals surface area contributed by atoms with Crippen LogP contribution in [-0.4, -0.2) is 25.2 Å². The minimum Gasteiger partial charge on any atom is -0.465 e. The number of nitrogens with one attached hydrogen (secondary N) is 1. The van der Waals surface area contributed by atoms with E-state index in [2.05, 4.69) is 32.2 Å². The molecule has 0 aromatic rings. The Morgan fingerprint density at radius 2 is 2.12 bits per heavy atom. The molecule has 0 aromatic heterocycles. The molecule has 94 valence electrons. The van der Waals surface area contributed by atoms with E-state index in [9.17, 15) is 4.79 Å². The first-order valence-electron chi connectivity index (χ1n) is 6.11. The van der Waals surface area contributed by atoms with Gasteiger partial charge in [0, 0.05) is 0 Å². The van der Waals surface area contributed by atoms with Crippen molar-refractivity contribution >= 4 is 5.97 Å². The van der Waals surface area contributed by atoms with Crippen LogP contribution < -0.4 is 5.32 Å². The van der Waals surface area contributed by atoms with Gasteiger partial charge in [0.05, 0.1) is 6.61 Å². The van der Waals surface area contributed by atoms with Crippen molar-refractivity contribution < 1.29 is 9.53 Å². The van der Waals surface area contributed by atoms with E-state index in [-0.39, 0.29) is 12.0 Å².